The molecule has 0 aromatic carbocycles. The molecular formula is C62H121NO13. The Morgan fingerprint density at radius 2 is 0.750 bits per heavy atom. The maximum Gasteiger partial charge on any atom is 0.220 e. The van der Waals surface area contributed by atoms with Crippen LogP contribution in [0.25, 0.3) is 0 Å². The number of unbranched alkanes of at least 4 members (excludes halogenated alkanes) is 40. The van der Waals surface area contributed by atoms with Crippen molar-refractivity contribution in [1.29, 1.82) is 0 Å². The van der Waals surface area contributed by atoms with Gasteiger partial charge in [-0.1, -0.05) is 277 Å². The molecule has 0 saturated carbocycles. The molecular weight excluding hydrogens is 967 g/mol. The summed E-state index contributed by atoms with van der Waals surface area (Å²) in [6.07, 6.45) is 38.2. The monoisotopic (exact) mass is 1090 g/mol. The number of carbonyl (C=O) groups excluding carboxylic acids is 1. The van der Waals surface area contributed by atoms with Gasteiger partial charge in [-0.3, -0.25) is 4.79 Å². The summed E-state index contributed by atoms with van der Waals surface area (Å²) in [5, 5.41) is 87.4. The van der Waals surface area contributed by atoms with Crippen LogP contribution in [0.15, 0.2) is 0 Å². The van der Waals surface area contributed by atoms with E-state index < -0.39 is 86.8 Å². The second-order valence-corrected chi connectivity index (χ2v) is 23.3. The van der Waals surface area contributed by atoms with Crippen LogP contribution in [0.5, 0.6) is 0 Å². The molecule has 0 radical (unpaired) electrons. The molecule has 0 aliphatic carbocycles. The number of hydrogen-bond acceptors (Lipinski definition) is 13. The Kier molecular flexibility index (Phi) is 45.5. The largest absolute Gasteiger partial charge is 0.394 e. The molecule has 14 nitrogen and oxygen atoms in total. The lowest BCUT2D eigenvalue weighted by Gasteiger charge is -2.46. The van der Waals surface area contributed by atoms with Crippen molar-refractivity contribution in [1.82, 2.24) is 5.32 Å². The van der Waals surface area contributed by atoms with Crippen LogP contribution in [0, 0.1) is 0 Å². The molecule has 14 heteroatoms. The van der Waals surface area contributed by atoms with E-state index in [1.165, 1.54) is 218 Å². The summed E-state index contributed by atoms with van der Waals surface area (Å²) in [4.78, 5) is 13.3. The van der Waals surface area contributed by atoms with Crippen LogP contribution in [0.1, 0.15) is 296 Å². The van der Waals surface area contributed by atoms with Gasteiger partial charge in [0.05, 0.1) is 32.0 Å². The average molecular weight is 1090 g/mol. The summed E-state index contributed by atoms with van der Waals surface area (Å²) >= 11 is 0. The summed E-state index contributed by atoms with van der Waals surface area (Å²) < 4.78 is 22.9. The summed E-state index contributed by atoms with van der Waals surface area (Å²) in [6, 6.07) is -0.823. The molecule has 1 amide bonds. The lowest BCUT2D eigenvalue weighted by atomic mass is 9.97. The highest BCUT2D eigenvalue weighted by Crippen LogP contribution is 2.30. The topological polar surface area (TPSA) is 228 Å². The van der Waals surface area contributed by atoms with E-state index in [0.29, 0.717) is 12.8 Å². The van der Waals surface area contributed by atoms with Crippen LogP contribution < -0.4 is 5.32 Å². The van der Waals surface area contributed by atoms with Crippen molar-refractivity contribution in [3.8, 4) is 0 Å². The predicted molar refractivity (Wildman–Crippen MR) is 305 cm³/mol. The number of rotatable bonds is 53. The van der Waals surface area contributed by atoms with Gasteiger partial charge >= 0.3 is 0 Å². The van der Waals surface area contributed by atoms with E-state index in [1.807, 2.05) is 0 Å². The van der Waals surface area contributed by atoms with E-state index in [1.54, 1.807) is 0 Å². The van der Waals surface area contributed by atoms with E-state index >= 15 is 0 Å². The van der Waals surface area contributed by atoms with Crippen LogP contribution in [0.3, 0.4) is 0 Å². The molecule has 452 valence electrons. The molecule has 0 aromatic heterocycles. The Hall–Kier alpha value is -1.01. The van der Waals surface area contributed by atoms with Gasteiger partial charge < -0.3 is 65.1 Å². The molecule has 2 heterocycles. The Bertz CT molecular complexity index is 1280. The van der Waals surface area contributed by atoms with Gasteiger partial charge in [-0.05, 0) is 12.8 Å². The van der Waals surface area contributed by atoms with Gasteiger partial charge in [0.25, 0.3) is 0 Å². The van der Waals surface area contributed by atoms with Gasteiger partial charge in [0.15, 0.2) is 12.6 Å². The number of aliphatic hydroxyl groups is 8. The third kappa shape index (κ3) is 33.7. The van der Waals surface area contributed by atoms with E-state index in [-0.39, 0.29) is 12.5 Å². The van der Waals surface area contributed by atoms with Gasteiger partial charge in [0, 0.05) is 6.42 Å². The number of aliphatic hydroxyl groups excluding tert-OH is 8. The van der Waals surface area contributed by atoms with Crippen molar-refractivity contribution < 1.29 is 64.6 Å². The van der Waals surface area contributed by atoms with Crippen LogP contribution in [0.4, 0.5) is 0 Å². The minimum Gasteiger partial charge on any atom is -0.394 e. The molecule has 0 bridgehead atoms. The summed E-state index contributed by atoms with van der Waals surface area (Å²) in [5.41, 5.74) is 0. The van der Waals surface area contributed by atoms with Gasteiger partial charge in [-0.15, -0.1) is 0 Å². The van der Waals surface area contributed by atoms with Crippen LogP contribution in [0.2, 0.25) is 0 Å². The normalized spacial score (nSPS) is 24.8. The highest BCUT2D eigenvalue weighted by atomic mass is 16.7. The number of nitrogens with one attached hydrogen (secondary N) is 1. The molecule has 12 unspecified atom stereocenters. The molecule has 2 rings (SSSR count). The zero-order chi connectivity index (χ0) is 55.3. The van der Waals surface area contributed by atoms with Crippen molar-refractivity contribution >= 4 is 5.91 Å². The molecule has 76 heavy (non-hydrogen) atoms. The number of amides is 1. The van der Waals surface area contributed by atoms with Crippen molar-refractivity contribution in [3.05, 3.63) is 0 Å². The Balaban J connectivity index is 1.71. The molecule has 2 aliphatic heterocycles. The molecule has 0 aromatic rings. The molecule has 2 fully saturated rings. The SMILES string of the molecule is CCCCCCCCCCCCCCCCCCCCCCCCCC(O)C(COC1OC(CO)C(OC2OC(CO)C(O)C(O)C2O)C(O)C1O)NC(=O)CCCCCCCCCCCCCCCCCCCCC. The second-order valence-electron chi connectivity index (χ2n) is 23.3. The van der Waals surface area contributed by atoms with Crippen molar-refractivity contribution in [2.75, 3.05) is 19.8 Å². The first kappa shape index (κ1) is 71.1. The van der Waals surface area contributed by atoms with E-state index in [9.17, 15) is 45.6 Å². The van der Waals surface area contributed by atoms with Gasteiger partial charge in [-0.25, -0.2) is 0 Å². The second kappa shape index (κ2) is 48.7. The van der Waals surface area contributed by atoms with Gasteiger partial charge in [-0.2, -0.15) is 0 Å². The fourth-order valence-corrected chi connectivity index (χ4v) is 11.1. The van der Waals surface area contributed by atoms with E-state index in [0.717, 1.165) is 51.4 Å². The minimum absolute atomic E-state index is 0.199. The van der Waals surface area contributed by atoms with Crippen molar-refractivity contribution in [2.45, 2.75) is 370 Å². The quantitative estimate of drug-likeness (QED) is 0.0259. The molecule has 12 atom stereocenters. The minimum atomic E-state index is -1.78. The molecule has 2 saturated heterocycles. The van der Waals surface area contributed by atoms with Gasteiger partial charge in [0.2, 0.25) is 5.91 Å². The zero-order valence-electron chi connectivity index (χ0n) is 48.8. The lowest BCUT2D eigenvalue weighted by molar-refractivity contribution is -0.359. The smallest absolute Gasteiger partial charge is 0.220 e. The van der Waals surface area contributed by atoms with Crippen LogP contribution in [-0.4, -0.2) is 140 Å². The first-order chi connectivity index (χ1) is 37.1. The van der Waals surface area contributed by atoms with E-state index in [2.05, 4.69) is 19.2 Å². The van der Waals surface area contributed by atoms with Crippen LogP contribution in [-0.2, 0) is 23.7 Å². The third-order valence-corrected chi connectivity index (χ3v) is 16.3. The Morgan fingerprint density at radius 3 is 1.12 bits per heavy atom. The highest BCUT2D eigenvalue weighted by Gasteiger charge is 2.51. The molecule has 9 N–H and O–H groups in total. The zero-order valence-corrected chi connectivity index (χ0v) is 48.8. The van der Waals surface area contributed by atoms with Crippen molar-refractivity contribution in [2.24, 2.45) is 0 Å². The number of ether oxygens (including phenoxy) is 4. The van der Waals surface area contributed by atoms with E-state index in [4.69, 9.17) is 18.9 Å². The lowest BCUT2D eigenvalue weighted by Crippen LogP contribution is -2.65. The number of hydrogen-bond donors (Lipinski definition) is 9. The molecule has 2 aliphatic rings. The fourth-order valence-electron chi connectivity index (χ4n) is 11.1. The average Bonchev–Trinajstić information content (AvgIpc) is 3.42. The van der Waals surface area contributed by atoms with Crippen molar-refractivity contribution in [3.63, 3.8) is 0 Å². The predicted octanol–water partition coefficient (Wildman–Crippen LogP) is 11.7. The summed E-state index contributed by atoms with van der Waals surface area (Å²) in [5.74, 6) is -0.199. The summed E-state index contributed by atoms with van der Waals surface area (Å²) in [7, 11) is 0. The molecule has 0 spiro atoms. The maximum absolute atomic E-state index is 13.3. The third-order valence-electron chi connectivity index (χ3n) is 16.3. The highest BCUT2D eigenvalue weighted by molar-refractivity contribution is 5.76. The Morgan fingerprint density at radius 1 is 0.421 bits per heavy atom. The summed E-state index contributed by atoms with van der Waals surface area (Å²) in [6.45, 7) is 2.91. The van der Waals surface area contributed by atoms with Gasteiger partial charge in [0.1, 0.15) is 48.8 Å². The first-order valence-electron chi connectivity index (χ1n) is 32.3. The first-order valence-corrected chi connectivity index (χ1v) is 32.3. The van der Waals surface area contributed by atoms with Crippen LogP contribution >= 0.6 is 0 Å². The fraction of sp³-hybridized carbons (Fsp3) is 0.984. The maximum atomic E-state index is 13.3. The number of carbonyl (C=O) groups is 1. The standard InChI is InChI=1S/C62H121NO13/c1-3-5-7-9-11-13-15-17-19-21-23-24-25-26-28-29-31-33-35-37-39-41-43-45-51(66)50(63-54(67)46-44-42-40-38-36-34-32-30-27-22-20-18-16-14-12-10-8-6-4-2)49-73-61-59(72)57(70)60(53(48-65)75-61)76-62-58(71)56(69)55(68)52(47-64)74-62/h50-53,55-62,64-66,68-72H,3-49H2,1-2H3,(H,63,67). The Labute approximate surface area is 464 Å².